The van der Waals surface area contributed by atoms with Crippen LogP contribution in [0.4, 0.5) is 5.69 Å². The van der Waals surface area contributed by atoms with Crippen molar-refractivity contribution in [1.29, 1.82) is 0 Å². The first kappa shape index (κ1) is 26.0. The van der Waals surface area contributed by atoms with E-state index in [1.54, 1.807) is 32.9 Å². The monoisotopic (exact) mass is 576 g/mol. The van der Waals surface area contributed by atoms with E-state index >= 15 is 0 Å². The molecule has 1 unspecified atom stereocenters. The highest BCUT2D eigenvalue weighted by atomic mass is 35.5. The van der Waals surface area contributed by atoms with Gasteiger partial charge in [0.2, 0.25) is 0 Å². The number of ether oxygens (including phenoxy) is 1. The molecule has 9 heteroatoms. The van der Waals surface area contributed by atoms with Crippen LogP contribution in [-0.4, -0.2) is 32.7 Å². The third-order valence-electron chi connectivity index (χ3n) is 7.09. The van der Waals surface area contributed by atoms with Crippen molar-refractivity contribution in [3.05, 3.63) is 117 Å². The van der Waals surface area contributed by atoms with E-state index in [-0.39, 0.29) is 11.7 Å². The van der Waals surface area contributed by atoms with Crippen LogP contribution in [0.2, 0.25) is 10.0 Å². The van der Waals surface area contributed by atoms with E-state index in [1.807, 2.05) is 42.7 Å². The van der Waals surface area contributed by atoms with Crippen LogP contribution in [0.15, 0.2) is 90.1 Å². The molecule has 1 aliphatic rings. The standard InChI is InChI=1S/C30H26Cl2N4O2S/c31-27-7-6-21(12-28(27)32)16-35-10-8-22(13-29(35)37)26-18-36(39)30-25(26)14-23(15-33-30)34-11-9-24(17-34)38-19-20-4-2-1-3-5-20/h1-8,10,12-15,18,24,39H,9,11,16-17,19H2. The molecule has 2 aromatic carbocycles. The number of anilines is 1. The van der Waals surface area contributed by atoms with Crippen molar-refractivity contribution in [1.82, 2.24) is 13.5 Å². The fourth-order valence-corrected chi connectivity index (χ4v) is 5.61. The van der Waals surface area contributed by atoms with Crippen molar-refractivity contribution < 1.29 is 4.74 Å². The van der Waals surface area contributed by atoms with Gasteiger partial charge in [0.25, 0.3) is 5.56 Å². The van der Waals surface area contributed by atoms with Gasteiger partial charge in [-0.05, 0) is 47.4 Å². The molecule has 6 rings (SSSR count). The van der Waals surface area contributed by atoms with Crippen LogP contribution < -0.4 is 10.5 Å². The topological polar surface area (TPSA) is 52.3 Å². The summed E-state index contributed by atoms with van der Waals surface area (Å²) in [5.41, 5.74) is 5.46. The van der Waals surface area contributed by atoms with Gasteiger partial charge in [-0.1, -0.05) is 72.4 Å². The van der Waals surface area contributed by atoms with Gasteiger partial charge in [0.1, 0.15) is 0 Å². The Bertz CT molecular complexity index is 1700. The molecular formula is C30H26Cl2N4O2S. The lowest BCUT2D eigenvalue weighted by Crippen LogP contribution is -2.22. The fraction of sp³-hybridized carbons (Fsp3) is 0.200. The highest BCUT2D eigenvalue weighted by Crippen LogP contribution is 2.33. The van der Waals surface area contributed by atoms with Crippen molar-refractivity contribution in [2.24, 2.45) is 0 Å². The molecule has 0 amide bonds. The average molecular weight is 578 g/mol. The number of halogens is 2. The maximum absolute atomic E-state index is 13.0. The van der Waals surface area contributed by atoms with Gasteiger partial charge < -0.3 is 14.2 Å². The number of hydrogen-bond acceptors (Lipinski definition) is 5. The second-order valence-electron chi connectivity index (χ2n) is 9.74. The molecule has 1 fully saturated rings. The van der Waals surface area contributed by atoms with Crippen molar-refractivity contribution in [2.45, 2.75) is 25.7 Å². The van der Waals surface area contributed by atoms with Crippen molar-refractivity contribution >= 4 is 52.7 Å². The van der Waals surface area contributed by atoms with Gasteiger partial charge in [0.15, 0.2) is 5.65 Å². The number of fused-ring (bicyclic) bond motifs is 1. The number of hydrogen-bond donors (Lipinski definition) is 1. The molecule has 0 saturated carbocycles. The highest BCUT2D eigenvalue weighted by molar-refractivity contribution is 7.78. The fourth-order valence-electron chi connectivity index (χ4n) is 5.01. The lowest BCUT2D eigenvalue weighted by atomic mass is 10.1. The van der Waals surface area contributed by atoms with Crippen LogP contribution >= 0.6 is 36.0 Å². The molecular weight excluding hydrogens is 551 g/mol. The van der Waals surface area contributed by atoms with Crippen molar-refractivity contribution in [2.75, 3.05) is 18.0 Å². The van der Waals surface area contributed by atoms with Gasteiger partial charge in [-0.15, -0.1) is 0 Å². The predicted molar refractivity (Wildman–Crippen MR) is 161 cm³/mol. The predicted octanol–water partition coefficient (Wildman–Crippen LogP) is 6.71. The molecule has 1 atom stereocenters. The zero-order valence-electron chi connectivity index (χ0n) is 21.0. The van der Waals surface area contributed by atoms with Gasteiger partial charge >= 0.3 is 0 Å². The Morgan fingerprint density at radius 2 is 1.85 bits per heavy atom. The summed E-state index contributed by atoms with van der Waals surface area (Å²) in [6.07, 6.45) is 6.71. The third-order valence-corrected chi connectivity index (χ3v) is 8.14. The molecule has 198 valence electrons. The number of benzene rings is 2. The lowest BCUT2D eigenvalue weighted by molar-refractivity contribution is 0.0553. The molecule has 0 bridgehead atoms. The second-order valence-corrected chi connectivity index (χ2v) is 11.0. The number of aromatic nitrogens is 3. The van der Waals surface area contributed by atoms with Gasteiger partial charge in [-0.2, -0.15) is 0 Å². The summed E-state index contributed by atoms with van der Waals surface area (Å²) >= 11 is 16.8. The summed E-state index contributed by atoms with van der Waals surface area (Å²) < 4.78 is 9.52. The van der Waals surface area contributed by atoms with Gasteiger partial charge in [0.05, 0.1) is 41.2 Å². The Labute approximate surface area is 241 Å². The van der Waals surface area contributed by atoms with Gasteiger partial charge in [0, 0.05) is 42.5 Å². The van der Waals surface area contributed by atoms with Crippen LogP contribution in [0.1, 0.15) is 17.5 Å². The SMILES string of the molecule is O=c1cc(-c2cn(S)c3ncc(N4CCC(OCc5ccccc5)C4)cc23)ccn1Cc1ccc(Cl)c(Cl)c1. The maximum atomic E-state index is 13.0. The summed E-state index contributed by atoms with van der Waals surface area (Å²) in [4.78, 5) is 20.0. The van der Waals surface area contributed by atoms with Crippen molar-refractivity contribution in [3.63, 3.8) is 0 Å². The molecule has 6 nitrogen and oxygen atoms in total. The number of nitrogens with zero attached hydrogens (tertiary/aromatic N) is 4. The first-order valence-corrected chi connectivity index (χ1v) is 13.9. The molecule has 0 N–H and O–H groups in total. The minimum Gasteiger partial charge on any atom is -0.372 e. The summed E-state index contributed by atoms with van der Waals surface area (Å²) in [6, 6.07) is 21.3. The number of rotatable bonds is 7. The largest absolute Gasteiger partial charge is 0.372 e. The summed E-state index contributed by atoms with van der Waals surface area (Å²) in [6.45, 7) is 2.72. The molecule has 0 spiro atoms. The molecule has 0 aliphatic carbocycles. The Balaban J connectivity index is 1.22. The molecule has 5 aromatic rings. The van der Waals surface area contributed by atoms with Gasteiger partial charge in [-0.25, -0.2) is 4.98 Å². The first-order chi connectivity index (χ1) is 18.9. The Morgan fingerprint density at radius 1 is 1.00 bits per heavy atom. The molecule has 39 heavy (non-hydrogen) atoms. The molecule has 0 radical (unpaired) electrons. The van der Waals surface area contributed by atoms with E-state index < -0.39 is 0 Å². The Morgan fingerprint density at radius 3 is 2.64 bits per heavy atom. The smallest absolute Gasteiger partial charge is 0.251 e. The van der Waals surface area contributed by atoms with Crippen LogP contribution in [-0.2, 0) is 17.9 Å². The van der Waals surface area contributed by atoms with Crippen LogP contribution in [0.25, 0.3) is 22.2 Å². The summed E-state index contributed by atoms with van der Waals surface area (Å²) in [7, 11) is 0. The first-order valence-electron chi connectivity index (χ1n) is 12.7. The zero-order chi connectivity index (χ0) is 26.9. The summed E-state index contributed by atoms with van der Waals surface area (Å²) in [5, 5.41) is 1.90. The summed E-state index contributed by atoms with van der Waals surface area (Å²) in [5.74, 6) is 0. The third kappa shape index (κ3) is 5.58. The molecule has 3 aromatic heterocycles. The van der Waals surface area contributed by atoms with Gasteiger partial charge in [-0.3, -0.25) is 8.77 Å². The number of pyridine rings is 2. The normalized spacial score (nSPS) is 15.4. The van der Waals surface area contributed by atoms with E-state index in [1.165, 1.54) is 5.56 Å². The maximum Gasteiger partial charge on any atom is 0.251 e. The molecule has 1 aliphatic heterocycles. The van der Waals surface area contributed by atoms with E-state index in [0.717, 1.165) is 52.9 Å². The van der Waals surface area contributed by atoms with Crippen molar-refractivity contribution in [3.8, 4) is 11.1 Å². The molecule has 1 saturated heterocycles. The van der Waals surface area contributed by atoms with Crippen LogP contribution in [0, 0.1) is 0 Å². The zero-order valence-corrected chi connectivity index (χ0v) is 23.4. The Kier molecular flexibility index (Phi) is 7.40. The minimum absolute atomic E-state index is 0.110. The number of thiol groups is 1. The second kappa shape index (κ2) is 11.1. The van der Waals surface area contributed by atoms with E-state index in [4.69, 9.17) is 32.9 Å². The average Bonchev–Trinajstić information content (AvgIpc) is 3.56. The minimum atomic E-state index is -0.110. The Hall–Kier alpha value is -3.23. The van der Waals surface area contributed by atoms with E-state index in [2.05, 4.69) is 35.9 Å². The lowest BCUT2D eigenvalue weighted by Gasteiger charge is -2.19. The van der Waals surface area contributed by atoms with Crippen LogP contribution in [0.5, 0.6) is 0 Å². The molecule has 4 heterocycles. The quantitative estimate of drug-likeness (QED) is 0.219. The highest BCUT2D eigenvalue weighted by Gasteiger charge is 2.24. The van der Waals surface area contributed by atoms with E-state index in [0.29, 0.717) is 23.2 Å². The van der Waals surface area contributed by atoms with Crippen LogP contribution in [0.3, 0.4) is 0 Å². The van der Waals surface area contributed by atoms with E-state index in [9.17, 15) is 4.79 Å².